The third-order valence-corrected chi connectivity index (χ3v) is 8.47. The topological polar surface area (TPSA) is 12.5 Å². The summed E-state index contributed by atoms with van der Waals surface area (Å²) < 4.78 is 6.41. The van der Waals surface area contributed by atoms with Crippen molar-refractivity contribution in [1.82, 2.24) is 4.90 Å². The molecule has 154 valence electrons. The van der Waals surface area contributed by atoms with Crippen molar-refractivity contribution in [2.45, 2.75) is 72.1 Å². The minimum absolute atomic E-state index is 0.464. The first-order valence-electron chi connectivity index (χ1n) is 11.7. The van der Waals surface area contributed by atoms with Crippen molar-refractivity contribution in [2.75, 3.05) is 26.2 Å². The quantitative estimate of drug-likeness (QED) is 0.543. The lowest BCUT2D eigenvalue weighted by Crippen LogP contribution is -2.40. The molecule has 3 aliphatic carbocycles. The van der Waals surface area contributed by atoms with Gasteiger partial charge in [0.1, 0.15) is 12.4 Å². The molecule has 0 radical (unpaired) electrons. The van der Waals surface area contributed by atoms with Gasteiger partial charge in [0.25, 0.3) is 0 Å². The van der Waals surface area contributed by atoms with Crippen molar-refractivity contribution in [3.8, 4) is 5.75 Å². The van der Waals surface area contributed by atoms with Crippen LogP contribution in [-0.4, -0.2) is 31.1 Å². The lowest BCUT2D eigenvalue weighted by Gasteiger charge is -2.50. The molecule has 0 aliphatic heterocycles. The fraction of sp³-hybridized carbons (Fsp3) is 0.692. The number of likely N-dealkylation sites (N-methyl/N-ethyl adjacent to an activating group) is 1. The highest BCUT2D eigenvalue weighted by Crippen LogP contribution is 2.63. The highest BCUT2D eigenvalue weighted by atomic mass is 16.5. The van der Waals surface area contributed by atoms with Gasteiger partial charge in [-0.3, -0.25) is 0 Å². The second-order valence-corrected chi connectivity index (χ2v) is 9.43. The molecule has 0 amide bonds. The molecule has 2 nitrogen and oxygen atoms in total. The summed E-state index contributed by atoms with van der Waals surface area (Å²) in [5.41, 5.74) is 5.35. The molecule has 0 aromatic heterocycles. The van der Waals surface area contributed by atoms with Crippen molar-refractivity contribution in [3.05, 3.63) is 41.0 Å². The standard InChI is InChI=1S/C26H39NO/c1-5-20-12-14-23-21-13-11-19-9-8-10-24(28-18-17-27(6-2)7-3)25(19)22(21)15-16-26(20,23)4/h5,8-10,21-23H,6-7,11-18H2,1-4H3/t21-,22+,23+,26-/m1/s1. The number of rotatable bonds is 6. The normalized spacial score (nSPS) is 32.9. The molecular formula is C26H39NO. The van der Waals surface area contributed by atoms with Crippen LogP contribution in [-0.2, 0) is 6.42 Å². The van der Waals surface area contributed by atoms with Gasteiger partial charge in [-0.15, -0.1) is 0 Å². The maximum Gasteiger partial charge on any atom is 0.123 e. The third-order valence-electron chi connectivity index (χ3n) is 8.47. The van der Waals surface area contributed by atoms with E-state index in [4.69, 9.17) is 4.74 Å². The molecule has 0 spiro atoms. The maximum atomic E-state index is 6.41. The van der Waals surface area contributed by atoms with E-state index in [2.05, 4.69) is 56.9 Å². The van der Waals surface area contributed by atoms with Gasteiger partial charge in [-0.25, -0.2) is 0 Å². The monoisotopic (exact) mass is 381 g/mol. The van der Waals surface area contributed by atoms with Crippen LogP contribution in [0, 0.1) is 17.3 Å². The van der Waals surface area contributed by atoms with Gasteiger partial charge in [0, 0.05) is 12.1 Å². The molecule has 1 aromatic carbocycles. The summed E-state index contributed by atoms with van der Waals surface area (Å²) in [6, 6.07) is 6.82. The summed E-state index contributed by atoms with van der Waals surface area (Å²) in [5.74, 6) is 3.61. The predicted octanol–water partition coefficient (Wildman–Crippen LogP) is 6.21. The summed E-state index contributed by atoms with van der Waals surface area (Å²) in [4.78, 5) is 2.45. The van der Waals surface area contributed by atoms with Crippen LogP contribution in [0.4, 0.5) is 0 Å². The second kappa shape index (κ2) is 8.22. The Labute approximate surface area is 172 Å². The van der Waals surface area contributed by atoms with E-state index in [9.17, 15) is 0 Å². The van der Waals surface area contributed by atoms with Crippen molar-refractivity contribution < 1.29 is 4.74 Å². The van der Waals surface area contributed by atoms with Gasteiger partial charge in [-0.05, 0) is 93.3 Å². The SMILES string of the molecule is CC=C1CC[C@H]2[C@@H]3CCc4cccc(OCCN(CC)CC)c4[C@H]3CC[C@]12C. The number of benzene rings is 1. The molecule has 2 saturated carbocycles. The molecule has 2 fully saturated rings. The first kappa shape index (κ1) is 20.0. The Kier molecular flexibility index (Phi) is 5.88. The van der Waals surface area contributed by atoms with Gasteiger partial charge >= 0.3 is 0 Å². The van der Waals surface area contributed by atoms with E-state index in [0.29, 0.717) is 11.3 Å². The molecule has 0 heterocycles. The lowest BCUT2D eigenvalue weighted by atomic mass is 9.55. The van der Waals surface area contributed by atoms with Gasteiger partial charge in [0.05, 0.1) is 0 Å². The summed E-state index contributed by atoms with van der Waals surface area (Å²) in [6.45, 7) is 13.3. The van der Waals surface area contributed by atoms with Crippen LogP contribution in [0.3, 0.4) is 0 Å². The lowest BCUT2D eigenvalue weighted by molar-refractivity contribution is 0.0795. The number of hydrogen-bond donors (Lipinski definition) is 0. The first-order valence-corrected chi connectivity index (χ1v) is 11.7. The molecule has 4 rings (SSSR count). The van der Waals surface area contributed by atoms with Gasteiger partial charge in [0.15, 0.2) is 0 Å². The van der Waals surface area contributed by atoms with Crippen molar-refractivity contribution in [1.29, 1.82) is 0 Å². The van der Waals surface area contributed by atoms with Crippen LogP contribution < -0.4 is 4.74 Å². The summed E-state index contributed by atoms with van der Waals surface area (Å²) in [6.07, 6.45) is 10.5. The highest BCUT2D eigenvalue weighted by molar-refractivity contribution is 5.46. The zero-order valence-corrected chi connectivity index (χ0v) is 18.5. The average molecular weight is 382 g/mol. The first-order chi connectivity index (χ1) is 13.6. The van der Waals surface area contributed by atoms with Gasteiger partial charge in [-0.2, -0.15) is 0 Å². The fourth-order valence-electron chi connectivity index (χ4n) is 6.87. The zero-order chi connectivity index (χ0) is 19.7. The molecule has 3 aliphatic rings. The minimum atomic E-state index is 0.464. The largest absolute Gasteiger partial charge is 0.492 e. The van der Waals surface area contributed by atoms with Crippen LogP contribution in [0.1, 0.15) is 76.8 Å². The predicted molar refractivity (Wildman–Crippen MR) is 118 cm³/mol. The minimum Gasteiger partial charge on any atom is -0.492 e. The van der Waals surface area contributed by atoms with Crippen molar-refractivity contribution in [2.24, 2.45) is 17.3 Å². The Hall–Kier alpha value is -1.28. The van der Waals surface area contributed by atoms with Crippen molar-refractivity contribution >= 4 is 0 Å². The van der Waals surface area contributed by atoms with Crippen LogP contribution in [0.15, 0.2) is 29.8 Å². The van der Waals surface area contributed by atoms with Crippen LogP contribution >= 0.6 is 0 Å². The van der Waals surface area contributed by atoms with Gasteiger partial charge < -0.3 is 9.64 Å². The molecule has 0 saturated heterocycles. The Balaban J connectivity index is 1.56. The summed E-state index contributed by atoms with van der Waals surface area (Å²) in [5, 5.41) is 0. The molecule has 0 N–H and O–H groups in total. The molecule has 0 unspecified atom stereocenters. The fourth-order valence-corrected chi connectivity index (χ4v) is 6.87. The molecule has 2 heteroatoms. The Morgan fingerprint density at radius 1 is 1.14 bits per heavy atom. The molecule has 28 heavy (non-hydrogen) atoms. The zero-order valence-electron chi connectivity index (χ0n) is 18.5. The number of allylic oxidation sites excluding steroid dienone is 2. The number of hydrogen-bond acceptors (Lipinski definition) is 2. The van der Waals surface area contributed by atoms with E-state index in [0.717, 1.165) is 38.1 Å². The number of nitrogens with zero attached hydrogens (tertiary/aromatic N) is 1. The van der Waals surface area contributed by atoms with E-state index in [1.807, 2.05) is 0 Å². The molecule has 0 bridgehead atoms. The van der Waals surface area contributed by atoms with Gasteiger partial charge in [0.2, 0.25) is 0 Å². The van der Waals surface area contributed by atoms with E-state index in [1.165, 1.54) is 44.3 Å². The van der Waals surface area contributed by atoms with Crippen LogP contribution in [0.25, 0.3) is 0 Å². The Morgan fingerprint density at radius 2 is 1.96 bits per heavy atom. The van der Waals surface area contributed by atoms with E-state index in [1.54, 1.807) is 16.7 Å². The maximum absolute atomic E-state index is 6.41. The average Bonchev–Trinajstić information content (AvgIpc) is 3.07. The number of aryl methyl sites for hydroxylation is 1. The Bertz CT molecular complexity index is 719. The van der Waals surface area contributed by atoms with Gasteiger partial charge in [-0.1, -0.05) is 44.6 Å². The number of ether oxygens (including phenoxy) is 1. The van der Waals surface area contributed by atoms with E-state index in [-0.39, 0.29) is 0 Å². The van der Waals surface area contributed by atoms with Crippen LogP contribution in [0.2, 0.25) is 0 Å². The third kappa shape index (κ3) is 3.32. The summed E-state index contributed by atoms with van der Waals surface area (Å²) in [7, 11) is 0. The second-order valence-electron chi connectivity index (χ2n) is 9.43. The van der Waals surface area contributed by atoms with Crippen LogP contribution in [0.5, 0.6) is 5.75 Å². The molecule has 4 atom stereocenters. The van der Waals surface area contributed by atoms with E-state index < -0.39 is 0 Å². The smallest absolute Gasteiger partial charge is 0.123 e. The molecule has 1 aromatic rings. The van der Waals surface area contributed by atoms with E-state index >= 15 is 0 Å². The molecular weight excluding hydrogens is 342 g/mol. The van der Waals surface area contributed by atoms with Crippen molar-refractivity contribution in [3.63, 3.8) is 0 Å². The Morgan fingerprint density at radius 3 is 2.71 bits per heavy atom. The highest BCUT2D eigenvalue weighted by Gasteiger charge is 2.52. The summed E-state index contributed by atoms with van der Waals surface area (Å²) >= 11 is 0. The number of fused-ring (bicyclic) bond motifs is 5.